The van der Waals surface area contributed by atoms with Crippen molar-refractivity contribution in [3.8, 4) is 17.2 Å². The van der Waals surface area contributed by atoms with E-state index in [-0.39, 0.29) is 5.91 Å². The largest absolute Gasteiger partial charge is 0.496 e. The minimum atomic E-state index is -0.217. The molecule has 4 rings (SSSR count). The Morgan fingerprint density at radius 1 is 1.11 bits per heavy atom. The number of aromatic nitrogens is 1. The summed E-state index contributed by atoms with van der Waals surface area (Å²) in [6, 6.07) is 18.5. The van der Waals surface area contributed by atoms with E-state index in [0.29, 0.717) is 34.0 Å². The predicted octanol–water partition coefficient (Wildman–Crippen LogP) is 5.83. The summed E-state index contributed by atoms with van der Waals surface area (Å²) in [5.41, 5.74) is 4.57. The first kappa shape index (κ1) is 18.3. The van der Waals surface area contributed by atoms with Gasteiger partial charge in [0, 0.05) is 16.8 Å². The van der Waals surface area contributed by atoms with Gasteiger partial charge < -0.3 is 14.5 Å². The van der Waals surface area contributed by atoms with Gasteiger partial charge in [-0.25, -0.2) is 4.98 Å². The molecule has 0 atom stereocenters. The van der Waals surface area contributed by atoms with E-state index in [9.17, 15) is 4.79 Å². The van der Waals surface area contributed by atoms with Crippen LogP contribution in [0.15, 0.2) is 69.6 Å². The third-order valence-corrected chi connectivity index (χ3v) is 5.05. The first-order valence-electron chi connectivity index (χ1n) is 8.66. The van der Waals surface area contributed by atoms with E-state index in [0.717, 1.165) is 15.6 Å². The van der Waals surface area contributed by atoms with Gasteiger partial charge in [-0.2, -0.15) is 0 Å². The standard InChI is InChI=1S/C22H17BrN2O3/c1-13-5-3-4-6-16(13)22-25-18-12-15(8-10-20(18)28-22)24-21(26)14-7-9-19(27-2)17(23)11-14/h3-12H,1-2H3,(H,24,26). The summed E-state index contributed by atoms with van der Waals surface area (Å²) >= 11 is 3.40. The topological polar surface area (TPSA) is 64.4 Å². The average molecular weight is 437 g/mol. The highest BCUT2D eigenvalue weighted by Gasteiger charge is 2.13. The summed E-state index contributed by atoms with van der Waals surface area (Å²) in [7, 11) is 1.58. The number of fused-ring (bicyclic) bond motifs is 1. The number of carbonyl (C=O) groups is 1. The lowest BCUT2D eigenvalue weighted by Gasteiger charge is -2.07. The fourth-order valence-corrected chi connectivity index (χ4v) is 3.48. The number of hydrogen-bond acceptors (Lipinski definition) is 4. The molecule has 0 aliphatic heterocycles. The van der Waals surface area contributed by atoms with Crippen molar-refractivity contribution < 1.29 is 13.9 Å². The maximum Gasteiger partial charge on any atom is 0.255 e. The number of benzene rings is 3. The van der Waals surface area contributed by atoms with Crippen LogP contribution in [-0.2, 0) is 0 Å². The SMILES string of the molecule is COc1ccc(C(=O)Nc2ccc3oc(-c4ccccc4C)nc3c2)cc1Br. The van der Waals surface area contributed by atoms with Crippen LogP contribution < -0.4 is 10.1 Å². The van der Waals surface area contributed by atoms with E-state index in [1.165, 1.54) is 0 Å². The number of carbonyl (C=O) groups excluding carboxylic acids is 1. The van der Waals surface area contributed by atoms with Gasteiger partial charge in [0.15, 0.2) is 5.58 Å². The van der Waals surface area contributed by atoms with Gasteiger partial charge in [-0.15, -0.1) is 0 Å². The second kappa shape index (κ2) is 7.48. The van der Waals surface area contributed by atoms with E-state index in [1.54, 1.807) is 37.4 Å². The number of nitrogens with zero attached hydrogens (tertiary/aromatic N) is 1. The predicted molar refractivity (Wildman–Crippen MR) is 113 cm³/mol. The number of oxazole rings is 1. The third-order valence-electron chi connectivity index (χ3n) is 4.43. The number of halogens is 1. The van der Waals surface area contributed by atoms with Gasteiger partial charge in [0.2, 0.25) is 5.89 Å². The number of ether oxygens (including phenoxy) is 1. The molecule has 0 radical (unpaired) electrons. The molecule has 0 aliphatic carbocycles. The van der Waals surface area contributed by atoms with Gasteiger partial charge in [-0.05, 0) is 70.9 Å². The number of aryl methyl sites for hydroxylation is 1. The van der Waals surface area contributed by atoms with E-state index < -0.39 is 0 Å². The first-order chi connectivity index (χ1) is 13.5. The molecule has 0 saturated heterocycles. The molecule has 5 nitrogen and oxygen atoms in total. The molecule has 0 fully saturated rings. The second-order valence-electron chi connectivity index (χ2n) is 6.32. The molecule has 6 heteroatoms. The van der Waals surface area contributed by atoms with Gasteiger partial charge in [0.05, 0.1) is 11.6 Å². The van der Waals surface area contributed by atoms with E-state index >= 15 is 0 Å². The number of anilines is 1. The lowest BCUT2D eigenvalue weighted by atomic mass is 10.1. The van der Waals surface area contributed by atoms with Gasteiger partial charge in [0.25, 0.3) is 5.91 Å². The zero-order valence-corrected chi connectivity index (χ0v) is 16.9. The van der Waals surface area contributed by atoms with Gasteiger partial charge in [-0.3, -0.25) is 4.79 Å². The minimum Gasteiger partial charge on any atom is -0.496 e. The summed E-state index contributed by atoms with van der Waals surface area (Å²) in [4.78, 5) is 17.1. The summed E-state index contributed by atoms with van der Waals surface area (Å²) in [5, 5.41) is 2.89. The van der Waals surface area contributed by atoms with Crippen LogP contribution in [0.5, 0.6) is 5.75 Å². The number of nitrogens with one attached hydrogen (secondary N) is 1. The molecule has 1 aromatic heterocycles. The molecule has 1 N–H and O–H groups in total. The van der Waals surface area contributed by atoms with Crippen molar-refractivity contribution in [1.29, 1.82) is 0 Å². The lowest BCUT2D eigenvalue weighted by Crippen LogP contribution is -2.11. The fourth-order valence-electron chi connectivity index (χ4n) is 2.94. The number of rotatable bonds is 4. The van der Waals surface area contributed by atoms with Crippen molar-refractivity contribution in [1.82, 2.24) is 4.98 Å². The molecule has 3 aromatic carbocycles. The van der Waals surface area contributed by atoms with Crippen molar-refractivity contribution in [3.63, 3.8) is 0 Å². The van der Waals surface area contributed by atoms with Crippen LogP contribution in [0.2, 0.25) is 0 Å². The van der Waals surface area contributed by atoms with E-state index in [4.69, 9.17) is 9.15 Å². The molecule has 0 aliphatic rings. The average Bonchev–Trinajstić information content (AvgIpc) is 3.11. The molecule has 0 saturated carbocycles. The molecule has 1 amide bonds. The first-order valence-corrected chi connectivity index (χ1v) is 9.46. The number of hydrogen-bond donors (Lipinski definition) is 1. The van der Waals surface area contributed by atoms with Crippen LogP contribution in [0, 0.1) is 6.92 Å². The summed E-state index contributed by atoms with van der Waals surface area (Å²) in [6.45, 7) is 2.02. The Morgan fingerprint density at radius 3 is 2.68 bits per heavy atom. The maximum atomic E-state index is 12.6. The van der Waals surface area contributed by atoms with Crippen LogP contribution in [0.4, 0.5) is 5.69 Å². The smallest absolute Gasteiger partial charge is 0.255 e. The Labute approximate surface area is 170 Å². The van der Waals surface area contributed by atoms with Gasteiger partial charge in [0.1, 0.15) is 11.3 Å². The third kappa shape index (κ3) is 3.51. The molecule has 28 heavy (non-hydrogen) atoms. The maximum absolute atomic E-state index is 12.6. The number of methoxy groups -OCH3 is 1. The van der Waals surface area contributed by atoms with Crippen LogP contribution >= 0.6 is 15.9 Å². The zero-order valence-electron chi connectivity index (χ0n) is 15.3. The van der Waals surface area contributed by atoms with Crippen molar-refractivity contribution in [2.45, 2.75) is 6.92 Å². The Hall–Kier alpha value is -3.12. The highest BCUT2D eigenvalue weighted by molar-refractivity contribution is 9.10. The quantitative estimate of drug-likeness (QED) is 0.437. The highest BCUT2D eigenvalue weighted by Crippen LogP contribution is 2.29. The molecule has 0 spiro atoms. The fraction of sp³-hybridized carbons (Fsp3) is 0.0909. The minimum absolute atomic E-state index is 0.217. The highest BCUT2D eigenvalue weighted by atomic mass is 79.9. The summed E-state index contributed by atoms with van der Waals surface area (Å²) < 4.78 is 11.8. The molecule has 4 aromatic rings. The Balaban J connectivity index is 1.60. The monoisotopic (exact) mass is 436 g/mol. The molecule has 1 heterocycles. The van der Waals surface area contributed by atoms with Crippen LogP contribution in [0.1, 0.15) is 15.9 Å². The molecule has 0 bridgehead atoms. The normalized spacial score (nSPS) is 10.8. The van der Waals surface area contributed by atoms with E-state index in [2.05, 4.69) is 26.2 Å². The van der Waals surface area contributed by atoms with Crippen LogP contribution in [0.3, 0.4) is 0 Å². The molecule has 140 valence electrons. The van der Waals surface area contributed by atoms with Crippen LogP contribution in [-0.4, -0.2) is 18.0 Å². The Kier molecular flexibility index (Phi) is 4.88. The molecule has 0 unspecified atom stereocenters. The van der Waals surface area contributed by atoms with Crippen molar-refractivity contribution in [2.24, 2.45) is 0 Å². The van der Waals surface area contributed by atoms with Crippen molar-refractivity contribution >= 4 is 38.6 Å². The van der Waals surface area contributed by atoms with Gasteiger partial charge in [-0.1, -0.05) is 18.2 Å². The summed E-state index contributed by atoms with van der Waals surface area (Å²) in [5.74, 6) is 1.02. The Bertz CT molecular complexity index is 1180. The van der Waals surface area contributed by atoms with Crippen molar-refractivity contribution in [2.75, 3.05) is 12.4 Å². The molecular weight excluding hydrogens is 420 g/mol. The second-order valence-corrected chi connectivity index (χ2v) is 7.17. The van der Waals surface area contributed by atoms with Crippen molar-refractivity contribution in [3.05, 3.63) is 76.3 Å². The van der Waals surface area contributed by atoms with Gasteiger partial charge >= 0.3 is 0 Å². The van der Waals surface area contributed by atoms with Crippen LogP contribution in [0.25, 0.3) is 22.6 Å². The lowest BCUT2D eigenvalue weighted by molar-refractivity contribution is 0.102. The zero-order chi connectivity index (χ0) is 19.7. The summed E-state index contributed by atoms with van der Waals surface area (Å²) in [6.07, 6.45) is 0. The Morgan fingerprint density at radius 2 is 1.93 bits per heavy atom. The number of amides is 1. The van der Waals surface area contributed by atoms with E-state index in [1.807, 2.05) is 37.3 Å². The molecular formula is C22H17BrN2O3.